The summed E-state index contributed by atoms with van der Waals surface area (Å²) in [7, 11) is 0. The first-order valence-corrected chi connectivity index (χ1v) is 4.87. The molecule has 16 heavy (non-hydrogen) atoms. The number of rotatable bonds is 4. The van der Waals surface area contributed by atoms with Crippen molar-refractivity contribution in [1.82, 2.24) is 0 Å². The van der Waals surface area contributed by atoms with Gasteiger partial charge in [-0.25, -0.2) is 4.39 Å². The van der Waals surface area contributed by atoms with Crippen LogP contribution < -0.4 is 0 Å². The van der Waals surface area contributed by atoms with Gasteiger partial charge in [-0.05, 0) is 11.6 Å². The first kappa shape index (κ1) is 12.3. The second-order valence-corrected chi connectivity index (χ2v) is 3.83. The maximum absolute atomic E-state index is 13.4. The third-order valence-corrected chi connectivity index (χ3v) is 2.26. The number of nitro groups is 1. The van der Waals surface area contributed by atoms with Crippen LogP contribution in [0.4, 0.5) is 10.1 Å². The molecule has 1 rings (SSSR count). The lowest BCUT2D eigenvalue weighted by molar-refractivity contribution is -0.385. The number of nitro benzene ring substituents is 1. The summed E-state index contributed by atoms with van der Waals surface area (Å²) in [6.45, 7) is 3.46. The van der Waals surface area contributed by atoms with Crippen LogP contribution >= 0.6 is 0 Å². The van der Waals surface area contributed by atoms with Gasteiger partial charge in [0.05, 0.1) is 11.0 Å². The normalized spacial score (nSPS) is 10.5. The average molecular weight is 225 g/mol. The lowest BCUT2D eigenvalue weighted by Crippen LogP contribution is -2.11. The number of hydrogen-bond acceptors (Lipinski definition) is 3. The number of halogens is 1. The van der Waals surface area contributed by atoms with Crippen LogP contribution in [0.3, 0.4) is 0 Å². The molecule has 0 aliphatic carbocycles. The van der Waals surface area contributed by atoms with Crippen molar-refractivity contribution in [2.45, 2.75) is 20.3 Å². The highest BCUT2D eigenvalue weighted by Crippen LogP contribution is 2.17. The van der Waals surface area contributed by atoms with Crippen LogP contribution in [0.15, 0.2) is 18.2 Å². The molecule has 0 spiro atoms. The molecule has 0 bridgehead atoms. The number of carbonyl (C=O) groups is 1. The monoisotopic (exact) mass is 225 g/mol. The van der Waals surface area contributed by atoms with E-state index in [2.05, 4.69) is 0 Å². The number of nitrogens with zero attached hydrogens (tertiary/aromatic N) is 1. The Labute approximate surface area is 92.2 Å². The smallest absolute Gasteiger partial charge is 0.272 e. The summed E-state index contributed by atoms with van der Waals surface area (Å²) in [5, 5.41) is 10.4. The van der Waals surface area contributed by atoms with E-state index in [1.54, 1.807) is 13.8 Å². The van der Waals surface area contributed by atoms with Gasteiger partial charge in [-0.3, -0.25) is 14.9 Å². The zero-order valence-corrected chi connectivity index (χ0v) is 9.07. The Hall–Kier alpha value is -1.78. The molecule has 0 aliphatic heterocycles. The average Bonchev–Trinajstić information content (AvgIpc) is 2.20. The zero-order chi connectivity index (χ0) is 12.3. The Balaban J connectivity index is 2.91. The number of carbonyl (C=O) groups excluding carboxylic acids is 1. The quantitative estimate of drug-likeness (QED) is 0.584. The maximum Gasteiger partial charge on any atom is 0.272 e. The molecule has 4 nitrogen and oxygen atoms in total. The molecule has 1 aromatic carbocycles. The summed E-state index contributed by atoms with van der Waals surface area (Å²) < 4.78 is 13.4. The molecule has 0 aliphatic rings. The molecule has 0 heterocycles. The predicted molar refractivity (Wildman–Crippen MR) is 56.6 cm³/mol. The van der Waals surface area contributed by atoms with Gasteiger partial charge in [-0.15, -0.1) is 0 Å². The van der Waals surface area contributed by atoms with Gasteiger partial charge in [0, 0.05) is 18.4 Å². The topological polar surface area (TPSA) is 60.2 Å². The van der Waals surface area contributed by atoms with E-state index in [0.717, 1.165) is 6.07 Å². The molecule has 0 saturated carbocycles. The number of ketones is 1. The van der Waals surface area contributed by atoms with Crippen LogP contribution in [0.1, 0.15) is 19.4 Å². The largest absolute Gasteiger partial charge is 0.299 e. The Morgan fingerprint density at radius 3 is 2.56 bits per heavy atom. The van der Waals surface area contributed by atoms with Gasteiger partial charge in [-0.2, -0.15) is 0 Å². The third-order valence-electron chi connectivity index (χ3n) is 2.26. The fraction of sp³-hybridized carbons (Fsp3) is 0.364. The van der Waals surface area contributed by atoms with Gasteiger partial charge in [0.15, 0.2) is 0 Å². The van der Waals surface area contributed by atoms with Crippen molar-refractivity contribution in [2.75, 3.05) is 0 Å². The molecule has 86 valence electrons. The molecular weight excluding hydrogens is 213 g/mol. The van der Waals surface area contributed by atoms with Crippen LogP contribution in [0.2, 0.25) is 0 Å². The van der Waals surface area contributed by atoms with Gasteiger partial charge >= 0.3 is 0 Å². The van der Waals surface area contributed by atoms with Crippen molar-refractivity contribution < 1.29 is 14.1 Å². The van der Waals surface area contributed by atoms with Crippen molar-refractivity contribution in [3.8, 4) is 0 Å². The molecule has 0 saturated heterocycles. The molecule has 0 N–H and O–H groups in total. The fourth-order valence-electron chi connectivity index (χ4n) is 1.18. The molecule has 0 unspecified atom stereocenters. The summed E-state index contributed by atoms with van der Waals surface area (Å²) in [4.78, 5) is 21.1. The Kier molecular flexibility index (Phi) is 3.71. The predicted octanol–water partition coefficient (Wildman–Crippen LogP) is 2.50. The summed E-state index contributed by atoms with van der Waals surface area (Å²) >= 11 is 0. The van der Waals surface area contributed by atoms with Crippen molar-refractivity contribution in [2.24, 2.45) is 5.92 Å². The second-order valence-electron chi connectivity index (χ2n) is 3.83. The molecular formula is C11H12FNO3. The highest BCUT2D eigenvalue weighted by molar-refractivity contribution is 5.82. The molecule has 0 fully saturated rings. The van der Waals surface area contributed by atoms with E-state index in [4.69, 9.17) is 0 Å². The van der Waals surface area contributed by atoms with E-state index in [-0.39, 0.29) is 29.4 Å². The lowest BCUT2D eigenvalue weighted by Gasteiger charge is -2.05. The number of non-ortho nitro benzene ring substituents is 1. The minimum Gasteiger partial charge on any atom is -0.299 e. The third kappa shape index (κ3) is 2.85. The van der Waals surface area contributed by atoms with Gasteiger partial charge in [-0.1, -0.05) is 13.8 Å². The van der Waals surface area contributed by atoms with Gasteiger partial charge in [0.2, 0.25) is 0 Å². The van der Waals surface area contributed by atoms with Gasteiger partial charge < -0.3 is 0 Å². The minimum absolute atomic E-state index is 0.0263. The number of Topliss-reactive ketones (excluding diaryl/α,β-unsaturated/α-hetero) is 1. The SMILES string of the molecule is CC(C)C(=O)Cc1ccc([N+](=O)[O-])cc1F. The van der Waals surface area contributed by atoms with Crippen molar-refractivity contribution >= 4 is 11.5 Å². The van der Waals surface area contributed by atoms with E-state index >= 15 is 0 Å². The van der Waals surface area contributed by atoms with Gasteiger partial charge in [0.1, 0.15) is 11.6 Å². The highest BCUT2D eigenvalue weighted by atomic mass is 19.1. The first-order chi connectivity index (χ1) is 7.41. The van der Waals surface area contributed by atoms with Gasteiger partial charge in [0.25, 0.3) is 5.69 Å². The summed E-state index contributed by atoms with van der Waals surface area (Å²) in [5.41, 5.74) is -0.109. The molecule has 0 amide bonds. The number of benzene rings is 1. The summed E-state index contributed by atoms with van der Waals surface area (Å²) in [6, 6.07) is 3.32. The molecule has 1 aromatic rings. The first-order valence-electron chi connectivity index (χ1n) is 4.87. The molecule has 5 heteroatoms. The zero-order valence-electron chi connectivity index (χ0n) is 9.07. The molecule has 0 atom stereocenters. The van der Waals surface area contributed by atoms with E-state index in [9.17, 15) is 19.3 Å². The minimum atomic E-state index is -0.705. The standard InChI is InChI=1S/C11H12FNO3/c1-7(2)11(14)5-8-3-4-9(13(15)16)6-10(8)12/h3-4,6-7H,5H2,1-2H3. The van der Waals surface area contributed by atoms with E-state index in [1.165, 1.54) is 12.1 Å². The van der Waals surface area contributed by atoms with Crippen LogP contribution in [0, 0.1) is 21.8 Å². The Morgan fingerprint density at radius 2 is 2.12 bits per heavy atom. The lowest BCUT2D eigenvalue weighted by atomic mass is 10.0. The van der Waals surface area contributed by atoms with Crippen LogP contribution in [-0.4, -0.2) is 10.7 Å². The van der Waals surface area contributed by atoms with Crippen molar-refractivity contribution in [3.63, 3.8) is 0 Å². The molecule has 0 aromatic heterocycles. The maximum atomic E-state index is 13.4. The van der Waals surface area contributed by atoms with Crippen LogP contribution in [0.5, 0.6) is 0 Å². The summed E-state index contributed by atoms with van der Waals surface area (Å²) in [6.07, 6.45) is -0.0263. The number of hydrogen-bond donors (Lipinski definition) is 0. The van der Waals surface area contributed by atoms with Crippen LogP contribution in [0.25, 0.3) is 0 Å². The van der Waals surface area contributed by atoms with Crippen molar-refractivity contribution in [3.05, 3.63) is 39.7 Å². The van der Waals surface area contributed by atoms with E-state index in [0.29, 0.717) is 0 Å². The Morgan fingerprint density at radius 1 is 1.50 bits per heavy atom. The second kappa shape index (κ2) is 4.83. The summed E-state index contributed by atoms with van der Waals surface area (Å²) in [5.74, 6) is -0.967. The highest BCUT2D eigenvalue weighted by Gasteiger charge is 2.14. The van der Waals surface area contributed by atoms with E-state index < -0.39 is 10.7 Å². The van der Waals surface area contributed by atoms with E-state index in [1.807, 2.05) is 0 Å². The fourth-order valence-corrected chi connectivity index (χ4v) is 1.18. The Bertz CT molecular complexity index is 429. The van der Waals surface area contributed by atoms with Crippen LogP contribution in [-0.2, 0) is 11.2 Å². The van der Waals surface area contributed by atoms with Crippen molar-refractivity contribution in [1.29, 1.82) is 0 Å². The molecule has 0 radical (unpaired) electrons.